The minimum absolute atomic E-state index is 0.144. The maximum atomic E-state index is 12.9. The van der Waals surface area contributed by atoms with Crippen molar-refractivity contribution in [2.45, 2.75) is 6.92 Å². The topological polar surface area (TPSA) is 85.5 Å². The Labute approximate surface area is 150 Å². The van der Waals surface area contributed by atoms with E-state index in [0.717, 1.165) is 5.56 Å². The first-order chi connectivity index (χ1) is 12.7. The van der Waals surface area contributed by atoms with Crippen molar-refractivity contribution < 1.29 is 18.8 Å². The van der Waals surface area contributed by atoms with Gasteiger partial charge in [-0.3, -0.25) is 9.78 Å². The summed E-state index contributed by atoms with van der Waals surface area (Å²) in [7, 11) is 1.30. The zero-order chi connectivity index (χ0) is 18.5. The molecule has 3 rings (SSSR count). The van der Waals surface area contributed by atoms with Crippen LogP contribution in [0.3, 0.4) is 0 Å². The van der Waals surface area contributed by atoms with Crippen molar-refractivity contribution in [3.63, 3.8) is 0 Å². The van der Waals surface area contributed by atoms with Crippen LogP contribution in [0, 0.1) is 0 Å². The largest absolute Gasteiger partial charge is 0.465 e. The average Bonchev–Trinajstić information content (AvgIpc) is 3.19. The molecule has 0 unspecified atom stereocenters. The molecule has 7 nitrogen and oxygen atoms in total. The van der Waals surface area contributed by atoms with Crippen molar-refractivity contribution in [1.82, 2.24) is 10.1 Å². The van der Waals surface area contributed by atoms with Gasteiger partial charge in [-0.15, -0.1) is 0 Å². The van der Waals surface area contributed by atoms with Gasteiger partial charge in [-0.05, 0) is 31.2 Å². The number of pyridine rings is 1. The Kier molecular flexibility index (Phi) is 5.07. The fourth-order valence-electron chi connectivity index (χ4n) is 2.57. The van der Waals surface area contributed by atoms with Gasteiger partial charge in [-0.25, -0.2) is 4.79 Å². The quantitative estimate of drug-likeness (QED) is 0.656. The Hall–Kier alpha value is -3.48. The lowest BCUT2D eigenvalue weighted by Gasteiger charge is -2.21. The van der Waals surface area contributed by atoms with E-state index >= 15 is 0 Å². The van der Waals surface area contributed by atoms with Crippen LogP contribution in [0.15, 0.2) is 59.4 Å². The average molecular weight is 351 g/mol. The first-order valence-corrected chi connectivity index (χ1v) is 8.02. The number of carbonyl (C=O) groups excluding carboxylic acids is 2. The number of amides is 1. The number of esters is 1. The molecule has 0 aliphatic carbocycles. The SMILES string of the molecule is CCN(C(=O)c1cc(-c2cccnc2)on1)c1ccccc1C(=O)OC. The third-order valence-corrected chi connectivity index (χ3v) is 3.84. The highest BCUT2D eigenvalue weighted by Crippen LogP contribution is 2.25. The van der Waals surface area contributed by atoms with Gasteiger partial charge in [0.05, 0.1) is 18.4 Å². The zero-order valence-electron chi connectivity index (χ0n) is 14.4. The predicted molar refractivity (Wildman–Crippen MR) is 94.9 cm³/mol. The summed E-state index contributed by atoms with van der Waals surface area (Å²) in [6.45, 7) is 2.16. The molecule has 0 aliphatic heterocycles. The van der Waals surface area contributed by atoms with Crippen LogP contribution in [-0.4, -0.2) is 35.7 Å². The number of ether oxygens (including phenoxy) is 1. The number of carbonyl (C=O) groups is 2. The molecule has 0 atom stereocenters. The minimum Gasteiger partial charge on any atom is -0.465 e. The zero-order valence-corrected chi connectivity index (χ0v) is 14.4. The van der Waals surface area contributed by atoms with Crippen LogP contribution < -0.4 is 4.90 Å². The number of aromatic nitrogens is 2. The van der Waals surface area contributed by atoms with Crippen LogP contribution in [0.25, 0.3) is 11.3 Å². The standard InChI is InChI=1S/C19H17N3O4/c1-3-22(16-9-5-4-8-14(16)19(24)25-2)18(23)15-11-17(26-21-15)13-7-6-10-20-12-13/h4-12H,3H2,1-2H3. The van der Waals surface area contributed by atoms with Crippen molar-refractivity contribution in [1.29, 1.82) is 0 Å². The number of rotatable bonds is 5. The summed E-state index contributed by atoms with van der Waals surface area (Å²) in [6, 6.07) is 11.9. The molecule has 0 aliphatic rings. The smallest absolute Gasteiger partial charge is 0.339 e. The lowest BCUT2D eigenvalue weighted by atomic mass is 10.1. The Morgan fingerprint density at radius 2 is 2.00 bits per heavy atom. The van der Waals surface area contributed by atoms with E-state index in [1.807, 2.05) is 13.0 Å². The molecule has 0 spiro atoms. The van der Waals surface area contributed by atoms with E-state index in [1.165, 1.54) is 12.0 Å². The number of nitrogens with zero attached hydrogens (tertiary/aromatic N) is 3. The fraction of sp³-hybridized carbons (Fsp3) is 0.158. The third-order valence-electron chi connectivity index (χ3n) is 3.84. The molecule has 0 fully saturated rings. The number of methoxy groups -OCH3 is 1. The van der Waals surface area contributed by atoms with Crippen LogP contribution in [0.4, 0.5) is 5.69 Å². The van der Waals surface area contributed by atoms with E-state index in [-0.39, 0.29) is 11.6 Å². The molecule has 2 heterocycles. The van der Waals surface area contributed by atoms with Crippen LogP contribution >= 0.6 is 0 Å². The Bertz CT molecular complexity index is 921. The molecule has 1 aromatic carbocycles. The third kappa shape index (κ3) is 3.32. The summed E-state index contributed by atoms with van der Waals surface area (Å²) in [4.78, 5) is 30.4. The Morgan fingerprint density at radius 1 is 1.19 bits per heavy atom. The first kappa shape index (κ1) is 17.3. The summed E-state index contributed by atoms with van der Waals surface area (Å²) in [5.74, 6) is -0.440. The molecule has 0 saturated carbocycles. The van der Waals surface area contributed by atoms with Crippen molar-refractivity contribution in [2.75, 3.05) is 18.6 Å². The monoisotopic (exact) mass is 351 g/mol. The van der Waals surface area contributed by atoms with Gasteiger partial charge >= 0.3 is 5.97 Å². The van der Waals surface area contributed by atoms with Crippen LogP contribution in [0.1, 0.15) is 27.8 Å². The van der Waals surface area contributed by atoms with Crippen molar-refractivity contribution in [3.8, 4) is 11.3 Å². The van der Waals surface area contributed by atoms with E-state index < -0.39 is 5.97 Å². The molecule has 1 amide bonds. The lowest BCUT2D eigenvalue weighted by molar-refractivity contribution is 0.0601. The van der Waals surface area contributed by atoms with E-state index in [1.54, 1.807) is 48.8 Å². The molecule has 0 radical (unpaired) electrons. The number of hydrogen-bond donors (Lipinski definition) is 0. The van der Waals surface area contributed by atoms with Crippen LogP contribution in [0.5, 0.6) is 0 Å². The fourth-order valence-corrected chi connectivity index (χ4v) is 2.57. The number of anilines is 1. The predicted octanol–water partition coefficient (Wildman–Crippen LogP) is 3.19. The highest BCUT2D eigenvalue weighted by molar-refractivity contribution is 6.08. The molecular formula is C19H17N3O4. The normalized spacial score (nSPS) is 10.4. The van der Waals surface area contributed by atoms with E-state index in [4.69, 9.17) is 9.26 Å². The molecule has 0 saturated heterocycles. The lowest BCUT2D eigenvalue weighted by Crippen LogP contribution is -2.32. The molecule has 0 bridgehead atoms. The second-order valence-corrected chi connectivity index (χ2v) is 5.38. The molecule has 7 heteroatoms. The highest BCUT2D eigenvalue weighted by Gasteiger charge is 2.24. The van der Waals surface area contributed by atoms with Gasteiger partial charge in [0.15, 0.2) is 11.5 Å². The van der Waals surface area contributed by atoms with Gasteiger partial charge in [-0.2, -0.15) is 0 Å². The van der Waals surface area contributed by atoms with Crippen molar-refractivity contribution in [2.24, 2.45) is 0 Å². The Balaban J connectivity index is 1.94. The van der Waals surface area contributed by atoms with Crippen LogP contribution in [-0.2, 0) is 4.74 Å². The maximum absolute atomic E-state index is 12.9. The second kappa shape index (κ2) is 7.60. The first-order valence-electron chi connectivity index (χ1n) is 8.02. The highest BCUT2D eigenvalue weighted by atomic mass is 16.5. The number of hydrogen-bond acceptors (Lipinski definition) is 6. The Morgan fingerprint density at radius 3 is 2.69 bits per heavy atom. The van der Waals surface area contributed by atoms with Crippen LogP contribution in [0.2, 0.25) is 0 Å². The maximum Gasteiger partial charge on any atom is 0.339 e. The number of benzene rings is 1. The molecule has 0 N–H and O–H groups in total. The summed E-state index contributed by atoms with van der Waals surface area (Å²) in [6.07, 6.45) is 3.27. The molecule has 26 heavy (non-hydrogen) atoms. The van der Waals surface area contributed by atoms with E-state index in [2.05, 4.69) is 10.1 Å². The van der Waals surface area contributed by atoms with Gasteiger partial charge in [0.1, 0.15) is 0 Å². The number of para-hydroxylation sites is 1. The van der Waals surface area contributed by atoms with Gasteiger partial charge in [0, 0.05) is 30.6 Å². The van der Waals surface area contributed by atoms with Gasteiger partial charge < -0.3 is 14.2 Å². The summed E-state index contributed by atoms with van der Waals surface area (Å²) in [5, 5.41) is 3.87. The summed E-state index contributed by atoms with van der Waals surface area (Å²) < 4.78 is 10.1. The minimum atomic E-state index is -0.511. The van der Waals surface area contributed by atoms with Gasteiger partial charge in [-0.1, -0.05) is 17.3 Å². The van der Waals surface area contributed by atoms with Gasteiger partial charge in [0.25, 0.3) is 5.91 Å². The summed E-state index contributed by atoms with van der Waals surface area (Å²) >= 11 is 0. The molecule has 132 valence electrons. The van der Waals surface area contributed by atoms with E-state index in [0.29, 0.717) is 23.6 Å². The second-order valence-electron chi connectivity index (χ2n) is 5.38. The van der Waals surface area contributed by atoms with Crippen molar-refractivity contribution >= 4 is 17.6 Å². The molecule has 3 aromatic rings. The molecular weight excluding hydrogens is 334 g/mol. The van der Waals surface area contributed by atoms with Crippen molar-refractivity contribution in [3.05, 3.63) is 66.1 Å². The molecule has 2 aromatic heterocycles. The summed E-state index contributed by atoms with van der Waals surface area (Å²) in [5.41, 5.74) is 1.63. The van der Waals surface area contributed by atoms with Gasteiger partial charge in [0.2, 0.25) is 0 Å². The van der Waals surface area contributed by atoms with E-state index in [9.17, 15) is 9.59 Å².